The molecule has 0 unspecified atom stereocenters. The number of hydrogen-bond acceptors (Lipinski definition) is 3. The van der Waals surface area contributed by atoms with Gasteiger partial charge in [-0.15, -0.1) is 0 Å². The van der Waals surface area contributed by atoms with E-state index in [-0.39, 0.29) is 5.92 Å². The molecule has 0 aromatic carbocycles. The van der Waals surface area contributed by atoms with Crippen LogP contribution in [0.3, 0.4) is 0 Å². The van der Waals surface area contributed by atoms with Crippen molar-refractivity contribution in [1.29, 1.82) is 0 Å². The lowest BCUT2D eigenvalue weighted by atomic mass is 9.85. The summed E-state index contributed by atoms with van der Waals surface area (Å²) in [4.78, 5) is 8.21. The molecule has 0 bridgehead atoms. The van der Waals surface area contributed by atoms with Gasteiger partial charge in [0.25, 0.3) is 0 Å². The number of pyridine rings is 2. The lowest BCUT2D eigenvalue weighted by molar-refractivity contribution is 0.895. The van der Waals surface area contributed by atoms with Crippen LogP contribution >= 0.6 is 0 Å². The fraction of sp³-hybridized carbons (Fsp3) is 0.125. The van der Waals surface area contributed by atoms with Gasteiger partial charge >= 0.3 is 0 Å². The van der Waals surface area contributed by atoms with Crippen molar-refractivity contribution in [2.75, 3.05) is 6.54 Å². The van der Waals surface area contributed by atoms with Crippen LogP contribution in [0.4, 0.5) is 0 Å². The Labute approximate surface area is 112 Å². The average molecular weight is 249 g/mol. The summed E-state index contributed by atoms with van der Waals surface area (Å²) in [5.74, 6) is 0.240. The number of allylic oxidation sites excluding steroid dienone is 2. The van der Waals surface area contributed by atoms with E-state index >= 15 is 0 Å². The molecule has 3 heteroatoms. The van der Waals surface area contributed by atoms with Crippen molar-refractivity contribution in [3.8, 4) is 0 Å². The number of aromatic nitrogens is 2. The lowest BCUT2D eigenvalue weighted by Crippen LogP contribution is -2.13. The molecule has 1 aliphatic rings. The molecular formula is C16H15N3. The van der Waals surface area contributed by atoms with Crippen LogP contribution in [0.5, 0.6) is 0 Å². The van der Waals surface area contributed by atoms with Gasteiger partial charge in [0.15, 0.2) is 0 Å². The van der Waals surface area contributed by atoms with E-state index in [0.717, 1.165) is 6.54 Å². The van der Waals surface area contributed by atoms with Gasteiger partial charge in [-0.3, -0.25) is 9.97 Å². The van der Waals surface area contributed by atoms with E-state index in [1.807, 2.05) is 31.0 Å². The molecule has 0 saturated carbocycles. The number of hydrogen-bond donors (Lipinski definition) is 1. The first-order valence-corrected chi connectivity index (χ1v) is 6.35. The molecule has 0 fully saturated rings. The fourth-order valence-corrected chi connectivity index (χ4v) is 2.37. The minimum atomic E-state index is 0.240. The van der Waals surface area contributed by atoms with Crippen molar-refractivity contribution in [3.63, 3.8) is 0 Å². The first kappa shape index (κ1) is 11.7. The summed E-state index contributed by atoms with van der Waals surface area (Å²) < 4.78 is 0. The number of nitrogens with one attached hydrogen (secondary N) is 1. The van der Waals surface area contributed by atoms with Crippen LogP contribution in [0.25, 0.3) is 0 Å². The second kappa shape index (κ2) is 5.48. The summed E-state index contributed by atoms with van der Waals surface area (Å²) in [6.45, 7) is 0.874. The van der Waals surface area contributed by atoms with Gasteiger partial charge in [-0.2, -0.15) is 0 Å². The highest BCUT2D eigenvalue weighted by Crippen LogP contribution is 2.32. The highest BCUT2D eigenvalue weighted by Gasteiger charge is 2.18. The maximum Gasteiger partial charge on any atom is 0.0340 e. The second-order valence-electron chi connectivity index (χ2n) is 4.44. The van der Waals surface area contributed by atoms with Crippen LogP contribution in [0.1, 0.15) is 17.0 Å². The SMILES string of the molecule is C1=CC(C(c2ccncc2)c2ccncc2)=CCN1. The van der Waals surface area contributed by atoms with Gasteiger partial charge in [-0.1, -0.05) is 6.08 Å². The standard InChI is InChI=1S/C16H15N3/c1-7-17-8-2-13(1)16(14-3-9-18-10-4-14)15-5-11-19-12-6-15/h1-11,16,19H,12H2. The van der Waals surface area contributed by atoms with E-state index in [4.69, 9.17) is 0 Å². The molecule has 3 rings (SSSR count). The zero-order valence-electron chi connectivity index (χ0n) is 10.5. The Balaban J connectivity index is 2.06. The quantitative estimate of drug-likeness (QED) is 0.908. The molecule has 3 nitrogen and oxygen atoms in total. The summed E-state index contributed by atoms with van der Waals surface area (Å²) in [6.07, 6.45) is 13.7. The van der Waals surface area contributed by atoms with Crippen LogP contribution in [0, 0.1) is 0 Å². The average Bonchev–Trinajstić information content (AvgIpc) is 2.51. The Morgan fingerprint density at radius 3 is 1.95 bits per heavy atom. The summed E-state index contributed by atoms with van der Waals surface area (Å²) in [7, 11) is 0. The largest absolute Gasteiger partial charge is 0.387 e. The second-order valence-corrected chi connectivity index (χ2v) is 4.44. The van der Waals surface area contributed by atoms with Gasteiger partial charge in [0, 0.05) is 37.3 Å². The Bertz CT molecular complexity index is 548. The van der Waals surface area contributed by atoms with Crippen LogP contribution in [-0.2, 0) is 0 Å². The summed E-state index contributed by atoms with van der Waals surface area (Å²) in [6, 6.07) is 8.28. The van der Waals surface area contributed by atoms with Crippen LogP contribution < -0.4 is 5.32 Å². The molecule has 2 aromatic heterocycles. The molecule has 0 spiro atoms. The predicted molar refractivity (Wildman–Crippen MR) is 75.5 cm³/mol. The molecule has 0 radical (unpaired) electrons. The predicted octanol–water partition coefficient (Wildman–Crippen LogP) is 2.65. The molecule has 0 amide bonds. The maximum atomic E-state index is 4.10. The Hall–Kier alpha value is -2.42. The molecule has 0 atom stereocenters. The third kappa shape index (κ3) is 2.55. The van der Waals surface area contributed by atoms with Crippen LogP contribution in [0.15, 0.2) is 73.0 Å². The zero-order valence-corrected chi connectivity index (χ0v) is 10.5. The summed E-state index contributed by atoms with van der Waals surface area (Å²) in [5.41, 5.74) is 3.80. The number of nitrogens with zero attached hydrogens (tertiary/aromatic N) is 2. The Morgan fingerprint density at radius 1 is 0.895 bits per heavy atom. The molecule has 94 valence electrons. The van der Waals surface area contributed by atoms with E-state index in [1.54, 1.807) is 0 Å². The van der Waals surface area contributed by atoms with Gasteiger partial charge in [-0.05, 0) is 53.2 Å². The molecule has 1 N–H and O–H groups in total. The van der Waals surface area contributed by atoms with Crippen LogP contribution in [0.2, 0.25) is 0 Å². The van der Waals surface area contributed by atoms with Crippen molar-refractivity contribution in [2.24, 2.45) is 0 Å². The molecular weight excluding hydrogens is 234 g/mol. The summed E-state index contributed by atoms with van der Waals surface area (Å²) in [5, 5.41) is 3.19. The van der Waals surface area contributed by atoms with Crippen molar-refractivity contribution in [1.82, 2.24) is 15.3 Å². The molecule has 0 saturated heterocycles. The maximum absolute atomic E-state index is 4.10. The topological polar surface area (TPSA) is 37.8 Å². The third-order valence-corrected chi connectivity index (χ3v) is 3.26. The van der Waals surface area contributed by atoms with E-state index in [9.17, 15) is 0 Å². The lowest BCUT2D eigenvalue weighted by Gasteiger charge is -2.21. The number of rotatable bonds is 3. The van der Waals surface area contributed by atoms with Crippen molar-refractivity contribution in [3.05, 3.63) is 84.1 Å². The third-order valence-electron chi connectivity index (χ3n) is 3.26. The van der Waals surface area contributed by atoms with Gasteiger partial charge in [-0.25, -0.2) is 0 Å². The minimum absolute atomic E-state index is 0.240. The van der Waals surface area contributed by atoms with E-state index in [2.05, 4.69) is 51.7 Å². The van der Waals surface area contributed by atoms with Crippen molar-refractivity contribution in [2.45, 2.75) is 5.92 Å². The van der Waals surface area contributed by atoms with Gasteiger partial charge in [0.05, 0.1) is 0 Å². The van der Waals surface area contributed by atoms with E-state index < -0.39 is 0 Å². The van der Waals surface area contributed by atoms with Gasteiger partial charge in [0.1, 0.15) is 0 Å². The van der Waals surface area contributed by atoms with E-state index in [1.165, 1.54) is 16.7 Å². The molecule has 2 aromatic rings. The van der Waals surface area contributed by atoms with Gasteiger partial charge in [0.2, 0.25) is 0 Å². The normalized spacial score (nSPS) is 14.1. The van der Waals surface area contributed by atoms with Crippen molar-refractivity contribution < 1.29 is 0 Å². The Morgan fingerprint density at radius 2 is 1.47 bits per heavy atom. The highest BCUT2D eigenvalue weighted by atomic mass is 14.8. The smallest absolute Gasteiger partial charge is 0.0340 e. The van der Waals surface area contributed by atoms with Gasteiger partial charge < -0.3 is 5.32 Å². The highest BCUT2D eigenvalue weighted by molar-refractivity contribution is 5.44. The first-order valence-electron chi connectivity index (χ1n) is 6.35. The molecule has 19 heavy (non-hydrogen) atoms. The molecule has 3 heterocycles. The van der Waals surface area contributed by atoms with E-state index in [0.29, 0.717) is 0 Å². The molecule has 1 aliphatic heterocycles. The summed E-state index contributed by atoms with van der Waals surface area (Å²) >= 11 is 0. The van der Waals surface area contributed by atoms with Crippen LogP contribution in [-0.4, -0.2) is 16.5 Å². The molecule has 0 aliphatic carbocycles. The Kier molecular flexibility index (Phi) is 3.36. The van der Waals surface area contributed by atoms with Crippen molar-refractivity contribution >= 4 is 0 Å². The zero-order chi connectivity index (χ0) is 12.9. The number of dihydropyridines is 1. The fourth-order valence-electron chi connectivity index (χ4n) is 2.37. The minimum Gasteiger partial charge on any atom is -0.387 e. The monoisotopic (exact) mass is 249 g/mol. The first-order chi connectivity index (χ1) is 9.45.